The van der Waals surface area contributed by atoms with Crippen LogP contribution in [0.1, 0.15) is 20.3 Å². The Hall–Kier alpha value is -1.36. The fraction of sp³-hybridized carbons (Fsp3) is 0.400. The molecular formula is C10H13NO. The second-order valence-corrected chi connectivity index (χ2v) is 2.63. The van der Waals surface area contributed by atoms with Crippen LogP contribution in [0, 0.1) is 17.2 Å². The van der Waals surface area contributed by atoms with Crippen LogP contribution in [0.25, 0.3) is 0 Å². The van der Waals surface area contributed by atoms with Crippen LogP contribution in [0.5, 0.6) is 0 Å². The Kier molecular flexibility index (Phi) is 5.64. The highest BCUT2D eigenvalue weighted by Crippen LogP contribution is 2.03. The quantitative estimate of drug-likeness (QED) is 0.471. The van der Waals surface area contributed by atoms with Gasteiger partial charge in [0.15, 0.2) is 0 Å². The molecule has 0 aromatic carbocycles. The zero-order valence-electron chi connectivity index (χ0n) is 7.45. The molecule has 0 aromatic rings. The maximum Gasteiger partial charge on any atom is 0.232 e. The van der Waals surface area contributed by atoms with Crippen LogP contribution in [-0.2, 0) is 4.79 Å². The molecule has 0 heterocycles. The fourth-order valence-corrected chi connectivity index (χ4v) is 0.771. The average molecular weight is 163 g/mol. The molecule has 0 aliphatic rings. The van der Waals surface area contributed by atoms with Crippen molar-refractivity contribution in [3.05, 3.63) is 24.3 Å². The second-order valence-electron chi connectivity index (χ2n) is 2.63. The molecule has 0 rings (SSSR count). The van der Waals surface area contributed by atoms with E-state index in [4.69, 9.17) is 5.26 Å². The lowest BCUT2D eigenvalue weighted by molar-refractivity contribution is -0.114. The molecule has 0 saturated carbocycles. The molecule has 12 heavy (non-hydrogen) atoms. The molecule has 0 N–H and O–H groups in total. The molecule has 0 aliphatic carbocycles. The van der Waals surface area contributed by atoms with Gasteiger partial charge in [0.2, 0.25) is 5.78 Å². The van der Waals surface area contributed by atoms with E-state index in [1.165, 1.54) is 0 Å². The van der Waals surface area contributed by atoms with Crippen molar-refractivity contribution in [1.29, 1.82) is 5.26 Å². The van der Waals surface area contributed by atoms with Gasteiger partial charge in [0.1, 0.15) is 6.07 Å². The van der Waals surface area contributed by atoms with Crippen LogP contribution in [0.15, 0.2) is 24.3 Å². The number of nitriles is 1. The van der Waals surface area contributed by atoms with E-state index in [9.17, 15) is 4.79 Å². The van der Waals surface area contributed by atoms with Crippen LogP contribution in [0.2, 0.25) is 0 Å². The topological polar surface area (TPSA) is 40.9 Å². The molecule has 2 heteroatoms. The van der Waals surface area contributed by atoms with Crippen molar-refractivity contribution in [3.63, 3.8) is 0 Å². The summed E-state index contributed by atoms with van der Waals surface area (Å²) in [7, 11) is 0. The van der Waals surface area contributed by atoms with E-state index in [0.29, 0.717) is 6.42 Å². The summed E-state index contributed by atoms with van der Waals surface area (Å²) in [6.07, 6.45) is 7.91. The first-order chi connectivity index (χ1) is 5.70. The van der Waals surface area contributed by atoms with Crippen LogP contribution in [-0.4, -0.2) is 5.78 Å². The Morgan fingerprint density at radius 2 is 2.25 bits per heavy atom. The Morgan fingerprint density at radius 1 is 1.58 bits per heavy atom. The molecule has 0 spiro atoms. The van der Waals surface area contributed by atoms with Crippen molar-refractivity contribution in [2.75, 3.05) is 0 Å². The smallest absolute Gasteiger partial charge is 0.232 e. The van der Waals surface area contributed by atoms with Crippen LogP contribution >= 0.6 is 0 Å². The summed E-state index contributed by atoms with van der Waals surface area (Å²) in [5, 5.41) is 8.22. The first kappa shape index (κ1) is 10.6. The van der Waals surface area contributed by atoms with Crippen molar-refractivity contribution < 1.29 is 4.79 Å². The van der Waals surface area contributed by atoms with Crippen LogP contribution in [0.4, 0.5) is 0 Å². The number of nitrogens with zero attached hydrogens (tertiary/aromatic N) is 1. The van der Waals surface area contributed by atoms with E-state index in [-0.39, 0.29) is 11.7 Å². The number of hydrogen-bond donors (Lipinski definition) is 0. The summed E-state index contributed by atoms with van der Waals surface area (Å²) in [5.74, 6) is -0.207. The van der Waals surface area contributed by atoms with Crippen LogP contribution < -0.4 is 0 Å². The van der Waals surface area contributed by atoms with E-state index in [1.807, 2.05) is 38.2 Å². The van der Waals surface area contributed by atoms with Crippen molar-refractivity contribution >= 4 is 5.78 Å². The predicted molar refractivity (Wildman–Crippen MR) is 48.4 cm³/mol. The molecule has 0 bridgehead atoms. The largest absolute Gasteiger partial charge is 0.283 e. The van der Waals surface area contributed by atoms with E-state index < -0.39 is 0 Å². The summed E-state index contributed by atoms with van der Waals surface area (Å²) < 4.78 is 0. The maximum absolute atomic E-state index is 10.6. The van der Waals surface area contributed by atoms with Crippen molar-refractivity contribution in [2.45, 2.75) is 20.3 Å². The van der Waals surface area contributed by atoms with Gasteiger partial charge in [0.25, 0.3) is 0 Å². The summed E-state index contributed by atoms with van der Waals surface area (Å²) in [6, 6.07) is 1.60. The number of carbonyl (C=O) groups is 1. The fourth-order valence-electron chi connectivity index (χ4n) is 0.771. The molecule has 1 unspecified atom stereocenters. The third-order valence-electron chi connectivity index (χ3n) is 1.38. The van der Waals surface area contributed by atoms with Gasteiger partial charge in [0.05, 0.1) is 0 Å². The van der Waals surface area contributed by atoms with Crippen molar-refractivity contribution in [1.82, 2.24) is 0 Å². The summed E-state index contributed by atoms with van der Waals surface area (Å²) >= 11 is 0. The van der Waals surface area contributed by atoms with Gasteiger partial charge >= 0.3 is 0 Å². The third-order valence-corrected chi connectivity index (χ3v) is 1.38. The Balaban J connectivity index is 3.82. The number of allylic oxidation sites excluding steroid dienone is 4. The number of ketones is 1. The van der Waals surface area contributed by atoms with E-state index in [2.05, 4.69) is 0 Å². The Bertz CT molecular complexity index is 233. The molecule has 1 atom stereocenters. The van der Waals surface area contributed by atoms with Gasteiger partial charge in [0, 0.05) is 6.42 Å². The SMILES string of the molecule is C/C=C\C=C/C(C)CC(=O)C#N. The van der Waals surface area contributed by atoms with Gasteiger partial charge < -0.3 is 0 Å². The number of hydrogen-bond acceptors (Lipinski definition) is 2. The zero-order chi connectivity index (χ0) is 9.40. The molecule has 64 valence electrons. The molecule has 0 saturated heterocycles. The second kappa shape index (κ2) is 6.36. The highest BCUT2D eigenvalue weighted by Gasteiger charge is 2.03. The molecule has 2 nitrogen and oxygen atoms in total. The molecule has 0 aromatic heterocycles. The van der Waals surface area contributed by atoms with Crippen molar-refractivity contribution in [3.8, 4) is 6.07 Å². The van der Waals surface area contributed by atoms with Gasteiger partial charge in [-0.3, -0.25) is 4.79 Å². The van der Waals surface area contributed by atoms with Gasteiger partial charge in [-0.05, 0) is 12.8 Å². The Labute approximate surface area is 73.2 Å². The van der Waals surface area contributed by atoms with Crippen LogP contribution in [0.3, 0.4) is 0 Å². The lowest BCUT2D eigenvalue weighted by atomic mass is 10.1. The van der Waals surface area contributed by atoms with Gasteiger partial charge in [-0.2, -0.15) is 5.26 Å². The summed E-state index contributed by atoms with van der Waals surface area (Å²) in [6.45, 7) is 3.84. The lowest BCUT2D eigenvalue weighted by Crippen LogP contribution is -1.99. The number of rotatable bonds is 4. The summed E-state index contributed by atoms with van der Waals surface area (Å²) in [4.78, 5) is 10.6. The van der Waals surface area contributed by atoms with E-state index >= 15 is 0 Å². The minimum atomic E-state index is -0.354. The normalized spacial score (nSPS) is 13.4. The molecule has 0 radical (unpaired) electrons. The minimum absolute atomic E-state index is 0.147. The van der Waals surface area contributed by atoms with E-state index in [1.54, 1.807) is 6.07 Å². The molecule has 0 aliphatic heterocycles. The molecule has 0 amide bonds. The molecular weight excluding hydrogens is 150 g/mol. The first-order valence-corrected chi connectivity index (χ1v) is 3.93. The lowest BCUT2D eigenvalue weighted by Gasteiger charge is -1.98. The summed E-state index contributed by atoms with van der Waals surface area (Å²) in [5.41, 5.74) is 0. The van der Waals surface area contributed by atoms with E-state index in [0.717, 1.165) is 0 Å². The average Bonchev–Trinajstić information content (AvgIpc) is 2.05. The first-order valence-electron chi connectivity index (χ1n) is 3.93. The van der Waals surface area contributed by atoms with Gasteiger partial charge in [-0.1, -0.05) is 31.2 Å². The third kappa shape index (κ3) is 5.43. The number of carbonyl (C=O) groups excluding carboxylic acids is 1. The monoisotopic (exact) mass is 163 g/mol. The predicted octanol–water partition coefficient (Wildman–Crippen LogP) is 2.24. The number of Topliss-reactive ketones (excluding diaryl/α,β-unsaturated/α-hetero) is 1. The zero-order valence-corrected chi connectivity index (χ0v) is 7.45. The van der Waals surface area contributed by atoms with Gasteiger partial charge in [-0.25, -0.2) is 0 Å². The van der Waals surface area contributed by atoms with Crippen molar-refractivity contribution in [2.24, 2.45) is 5.92 Å². The minimum Gasteiger partial charge on any atom is -0.283 e. The highest BCUT2D eigenvalue weighted by atomic mass is 16.1. The molecule has 0 fully saturated rings. The standard InChI is InChI=1S/C10H13NO/c1-3-4-5-6-9(2)7-10(12)8-11/h3-6,9H,7H2,1-2H3/b4-3-,6-5-. The van der Waals surface area contributed by atoms with Gasteiger partial charge in [-0.15, -0.1) is 0 Å². The maximum atomic E-state index is 10.6. The Morgan fingerprint density at radius 3 is 2.75 bits per heavy atom. The highest BCUT2D eigenvalue weighted by molar-refractivity contribution is 5.93.